The van der Waals surface area contributed by atoms with Gasteiger partial charge in [0.25, 0.3) is 0 Å². The first kappa shape index (κ1) is 22.7. The summed E-state index contributed by atoms with van der Waals surface area (Å²) in [5.74, 6) is 0. The Labute approximate surface area is 141 Å². The molecule has 148 valence electrons. The summed E-state index contributed by atoms with van der Waals surface area (Å²) in [7, 11) is 1.49. The molecule has 0 N–H and O–H groups in total. The predicted octanol–water partition coefficient (Wildman–Crippen LogP) is 4.95. The molecule has 10 heteroatoms. The monoisotopic (exact) mass is 452 g/mol. The van der Waals surface area contributed by atoms with Gasteiger partial charge >= 0.3 is 141 Å². The molecule has 25 heavy (non-hydrogen) atoms. The van der Waals surface area contributed by atoms with Crippen molar-refractivity contribution in [1.82, 2.24) is 0 Å². The van der Waals surface area contributed by atoms with Crippen molar-refractivity contribution in [3.05, 3.63) is 35.4 Å². The summed E-state index contributed by atoms with van der Waals surface area (Å²) < 4.78 is 81.8. The molecule has 0 bridgehead atoms. The number of ether oxygens (including phenoxy) is 1. The Bertz CT molecular complexity index is 624. The SMILES string of the molecule is CC[O][Zr]([F])([F])([F])([F])([O]CC)([O]CC)[O]Cc1ccc(COC)cc1. The Hall–Kier alpha value is -0.377. The molecule has 0 amide bonds. The number of benzene rings is 1. The van der Waals surface area contributed by atoms with Crippen molar-refractivity contribution in [2.45, 2.75) is 34.0 Å². The summed E-state index contributed by atoms with van der Waals surface area (Å²) in [5, 5.41) is 0. The second kappa shape index (κ2) is 5.33. The van der Waals surface area contributed by atoms with Crippen molar-refractivity contribution in [3.8, 4) is 0 Å². The summed E-state index contributed by atoms with van der Waals surface area (Å²) in [4.78, 5) is 0. The van der Waals surface area contributed by atoms with Crippen LogP contribution in [0.15, 0.2) is 24.3 Å². The molecule has 0 aliphatic carbocycles. The molecule has 0 spiro atoms. The van der Waals surface area contributed by atoms with Gasteiger partial charge in [0.05, 0.1) is 0 Å². The van der Waals surface area contributed by atoms with Crippen LogP contribution in [0.25, 0.3) is 0 Å². The third-order valence-electron chi connectivity index (χ3n) is 3.59. The van der Waals surface area contributed by atoms with E-state index in [1.165, 1.54) is 19.2 Å². The van der Waals surface area contributed by atoms with Gasteiger partial charge < -0.3 is 0 Å². The number of hydrogen-bond donors (Lipinski definition) is 0. The van der Waals surface area contributed by atoms with E-state index in [0.717, 1.165) is 26.3 Å². The second-order valence-electron chi connectivity index (χ2n) is 6.00. The van der Waals surface area contributed by atoms with E-state index in [9.17, 15) is 0 Å². The molecule has 0 aliphatic heterocycles. The van der Waals surface area contributed by atoms with Crippen molar-refractivity contribution >= 4 is 0 Å². The van der Waals surface area contributed by atoms with Crippen LogP contribution in [0.2, 0.25) is 0 Å². The van der Waals surface area contributed by atoms with E-state index < -0.39 is 45.0 Å². The van der Waals surface area contributed by atoms with Crippen LogP contribution in [0.5, 0.6) is 0 Å². The van der Waals surface area contributed by atoms with Gasteiger partial charge in [0, 0.05) is 0 Å². The van der Waals surface area contributed by atoms with Gasteiger partial charge in [-0.05, 0) is 0 Å². The predicted molar refractivity (Wildman–Crippen MR) is 81.3 cm³/mol. The summed E-state index contributed by atoms with van der Waals surface area (Å²) >= 11 is -12.2. The van der Waals surface area contributed by atoms with Crippen LogP contribution < -0.4 is 0 Å². The first-order chi connectivity index (χ1) is 11.2. The van der Waals surface area contributed by atoms with Gasteiger partial charge in [-0.25, -0.2) is 0 Å². The molecule has 1 rings (SSSR count). The third-order valence-corrected chi connectivity index (χ3v) is 13.8. The second-order valence-corrected chi connectivity index (χ2v) is 19.5. The molecule has 0 radical (unpaired) electrons. The molecule has 5 nitrogen and oxygen atoms in total. The Balaban J connectivity index is 3.32. The number of hydrogen-bond acceptors (Lipinski definition) is 5. The summed E-state index contributed by atoms with van der Waals surface area (Å²) in [6.07, 6.45) is 0. The summed E-state index contributed by atoms with van der Waals surface area (Å²) in [6.45, 7) is -1.16. The molecule has 1 aromatic rings. The minimum atomic E-state index is -12.2. The van der Waals surface area contributed by atoms with Crippen LogP contribution in [-0.4, -0.2) is 26.9 Å². The van der Waals surface area contributed by atoms with Crippen LogP contribution in [0.1, 0.15) is 31.9 Å². The first-order valence-corrected chi connectivity index (χ1v) is 15.8. The Kier molecular flexibility index (Phi) is 4.83. The normalized spacial score (nSPS) is 18.7. The van der Waals surface area contributed by atoms with Gasteiger partial charge in [0.15, 0.2) is 0 Å². The third kappa shape index (κ3) is 5.08. The number of rotatable bonds is 11. The molecule has 1 aromatic carbocycles. The van der Waals surface area contributed by atoms with E-state index in [4.69, 9.17) is 4.74 Å². The molecule has 0 fully saturated rings. The summed E-state index contributed by atoms with van der Waals surface area (Å²) in [5.41, 5.74) is 0.807. The fraction of sp³-hybridized carbons (Fsp3) is 0.600. The van der Waals surface area contributed by atoms with E-state index in [2.05, 4.69) is 11.3 Å². The van der Waals surface area contributed by atoms with Gasteiger partial charge in [-0.3, -0.25) is 0 Å². The van der Waals surface area contributed by atoms with Gasteiger partial charge in [-0.2, -0.15) is 0 Å². The van der Waals surface area contributed by atoms with Crippen molar-refractivity contribution in [3.63, 3.8) is 0 Å². The molecule has 0 atom stereocenters. The van der Waals surface area contributed by atoms with Gasteiger partial charge in [-0.15, -0.1) is 0 Å². The minimum absolute atomic E-state index is 0.0643. The molecule has 0 heterocycles. The molecular weight excluding hydrogens is 427 g/mol. The average molecular weight is 454 g/mol. The quantitative estimate of drug-likeness (QED) is 0.444. The standard InChI is InChI=1S/C9H11O2.3C2H5O.4FH.Zr/c1-11-7-9-4-2-8(6-10)3-5-9;3*1-2-3;;;;;/h2-5H,6-7H2,1H3;3*2H2,1H3;4*1H;/q4*-1;;;;;+8/p-4. The van der Waals surface area contributed by atoms with E-state index >= 15 is 10.5 Å². The van der Waals surface area contributed by atoms with Crippen LogP contribution in [0.4, 0.5) is 10.5 Å². The summed E-state index contributed by atoms with van der Waals surface area (Å²) in [6, 6.07) is 5.82. The molecular formula is C15H26F4O5Zr. The average Bonchev–Trinajstić information content (AvgIpc) is 2.47. The van der Waals surface area contributed by atoms with E-state index in [1.54, 1.807) is 12.1 Å². The van der Waals surface area contributed by atoms with Gasteiger partial charge in [-0.1, -0.05) is 0 Å². The molecule has 0 aliphatic rings. The van der Waals surface area contributed by atoms with Gasteiger partial charge in [0.1, 0.15) is 0 Å². The zero-order chi connectivity index (χ0) is 19.4. The number of halogens is 4. The Morgan fingerprint density at radius 3 is 1.36 bits per heavy atom. The van der Waals surface area contributed by atoms with Crippen molar-refractivity contribution in [1.29, 1.82) is 0 Å². The van der Waals surface area contributed by atoms with Gasteiger partial charge in [0.2, 0.25) is 0 Å². The maximum absolute atomic E-state index is 15.4. The molecule has 0 saturated heterocycles. The topological polar surface area (TPSA) is 46.2 Å². The zero-order valence-electron chi connectivity index (χ0n) is 14.9. The Morgan fingerprint density at radius 2 is 1.04 bits per heavy atom. The van der Waals surface area contributed by atoms with Crippen molar-refractivity contribution in [2.24, 2.45) is 0 Å². The fourth-order valence-electron chi connectivity index (χ4n) is 2.61. The maximum atomic E-state index is 15.4. The van der Waals surface area contributed by atoms with Crippen LogP contribution in [0.3, 0.4) is 0 Å². The fourth-order valence-corrected chi connectivity index (χ4v) is 11.0. The first-order valence-electron chi connectivity index (χ1n) is 8.07. The van der Waals surface area contributed by atoms with Crippen molar-refractivity contribution in [2.75, 3.05) is 26.9 Å². The molecule has 0 aromatic heterocycles. The van der Waals surface area contributed by atoms with Crippen molar-refractivity contribution < 1.29 is 45.0 Å². The van der Waals surface area contributed by atoms with Crippen LogP contribution in [-0.2, 0) is 47.7 Å². The van der Waals surface area contributed by atoms with Crippen LogP contribution >= 0.6 is 0 Å². The van der Waals surface area contributed by atoms with E-state index in [-0.39, 0.29) is 5.56 Å². The Morgan fingerprint density at radius 1 is 0.680 bits per heavy atom. The molecule has 0 saturated carbocycles. The number of methoxy groups -OCH3 is 1. The van der Waals surface area contributed by atoms with E-state index in [0.29, 0.717) is 6.61 Å². The molecule has 0 unspecified atom stereocenters. The van der Waals surface area contributed by atoms with Crippen LogP contribution in [0, 0.1) is 0 Å². The van der Waals surface area contributed by atoms with E-state index in [1.807, 2.05) is 0 Å². The zero-order valence-corrected chi connectivity index (χ0v) is 17.4.